The predicted octanol–water partition coefficient (Wildman–Crippen LogP) is -2.29. The molecule has 0 bridgehead atoms. The number of carbonyl (C=O) groups is 1. The molecule has 0 saturated carbocycles. The van der Waals surface area contributed by atoms with Gasteiger partial charge in [0.15, 0.2) is 0 Å². The van der Waals surface area contributed by atoms with Crippen molar-refractivity contribution in [1.82, 2.24) is 0 Å². The Morgan fingerprint density at radius 2 is 1.50 bits per heavy atom. The van der Waals surface area contributed by atoms with Gasteiger partial charge in [0.25, 0.3) is 5.97 Å². The fourth-order valence-corrected chi connectivity index (χ4v) is 0. The van der Waals surface area contributed by atoms with Crippen molar-refractivity contribution in [3.63, 3.8) is 0 Å². The van der Waals surface area contributed by atoms with Crippen molar-refractivity contribution in [1.29, 1.82) is 0 Å². The quantitative estimate of drug-likeness (QED) is 0.372. The van der Waals surface area contributed by atoms with Gasteiger partial charge in [0, 0.05) is 6.92 Å². The number of nitrogens with zero attached hydrogens (tertiary/aromatic N) is 1. The molecule has 0 heterocycles. The fraction of sp³-hybridized carbons (Fsp3) is 0.750. The van der Waals surface area contributed by atoms with Crippen LogP contribution in [0.4, 0.5) is 0 Å². The molecule has 8 heavy (non-hydrogen) atoms. The summed E-state index contributed by atoms with van der Waals surface area (Å²) in [6.07, 6.45) is 0. The normalized spacial score (nSPS) is 5.38. The van der Waals surface area contributed by atoms with Crippen LogP contribution in [0.15, 0.2) is 0 Å². The van der Waals surface area contributed by atoms with E-state index in [0.29, 0.717) is 0 Å². The smallest absolute Gasteiger partial charge is 0.668 e. The van der Waals surface area contributed by atoms with Gasteiger partial charge in [0.2, 0.25) is 0 Å². The van der Waals surface area contributed by atoms with Crippen LogP contribution in [0, 0.1) is 0 Å². The van der Waals surface area contributed by atoms with Gasteiger partial charge in [-0.15, -0.1) is 0 Å². The number of hydrogen-bond donors (Lipinski definition) is 1. The van der Waals surface area contributed by atoms with Gasteiger partial charge in [0.1, 0.15) is 0 Å². The van der Waals surface area contributed by atoms with Gasteiger partial charge in [-0.1, -0.05) is 0 Å². The van der Waals surface area contributed by atoms with Crippen LogP contribution in [-0.4, -0.2) is 25.2 Å². The Hall–Kier alpha value is 0.430. The minimum absolute atomic E-state index is 0. The second-order valence-electron chi connectivity index (χ2n) is 0.966. The van der Waals surface area contributed by atoms with Crippen LogP contribution in [0.2, 0.25) is 0 Å². The zero-order valence-electron chi connectivity index (χ0n) is 5.80. The van der Waals surface area contributed by atoms with E-state index in [9.17, 15) is 0 Å². The van der Waals surface area contributed by atoms with Crippen molar-refractivity contribution < 1.29 is 39.5 Å². The molecule has 44 valence electrons. The molecule has 0 aromatic heterocycles. The van der Waals surface area contributed by atoms with E-state index in [0.717, 1.165) is 6.92 Å². The van der Waals surface area contributed by atoms with Gasteiger partial charge in [-0.25, -0.2) is 0 Å². The number of carboxylic acid groups (broad SMARTS) is 1. The third kappa shape index (κ3) is 1030. The van der Waals surface area contributed by atoms with Gasteiger partial charge >= 0.3 is 29.6 Å². The average molecular weight is 127 g/mol. The third-order valence-corrected chi connectivity index (χ3v) is 0. The standard InChI is InChI=1S/C2H6N.C2H4O2.Na/c1-3-2;1-2(3)4;/h1-2H3;1H3,(H,3,4);/q-1;;+1. The van der Waals surface area contributed by atoms with Crippen molar-refractivity contribution in [2.24, 2.45) is 0 Å². The first-order chi connectivity index (χ1) is 3.15. The third-order valence-electron chi connectivity index (χ3n) is 0. The van der Waals surface area contributed by atoms with E-state index in [2.05, 4.69) is 5.32 Å². The van der Waals surface area contributed by atoms with E-state index < -0.39 is 5.97 Å². The second-order valence-corrected chi connectivity index (χ2v) is 0.966. The molecule has 4 heteroatoms. The zero-order chi connectivity index (χ0) is 6.28. The molecule has 0 amide bonds. The summed E-state index contributed by atoms with van der Waals surface area (Å²) in [5, 5.41) is 10.9. The van der Waals surface area contributed by atoms with Crippen molar-refractivity contribution in [3.05, 3.63) is 5.32 Å². The van der Waals surface area contributed by atoms with Crippen LogP contribution in [0.1, 0.15) is 6.92 Å². The molecule has 0 atom stereocenters. The summed E-state index contributed by atoms with van der Waals surface area (Å²) in [4.78, 5) is 9.00. The van der Waals surface area contributed by atoms with Crippen LogP contribution < -0.4 is 29.6 Å². The Kier molecular flexibility index (Phi) is 30.9. The molecule has 0 saturated heterocycles. The van der Waals surface area contributed by atoms with Crippen LogP contribution >= 0.6 is 0 Å². The minimum Gasteiger partial charge on any atom is -0.668 e. The average Bonchev–Trinajstić information content (AvgIpc) is 1.33. The van der Waals surface area contributed by atoms with Crippen LogP contribution in [-0.2, 0) is 4.79 Å². The van der Waals surface area contributed by atoms with Gasteiger partial charge in [-0.3, -0.25) is 4.79 Å². The first-order valence-electron chi connectivity index (χ1n) is 1.82. The van der Waals surface area contributed by atoms with E-state index in [1.54, 1.807) is 14.1 Å². The molecule has 1 N–H and O–H groups in total. The van der Waals surface area contributed by atoms with E-state index in [1.807, 2.05) is 0 Å². The molecule has 0 aliphatic carbocycles. The van der Waals surface area contributed by atoms with E-state index >= 15 is 0 Å². The SMILES string of the molecule is CC(=O)O.C[N-]C.[Na+]. The fourth-order valence-electron chi connectivity index (χ4n) is 0. The monoisotopic (exact) mass is 127 g/mol. The summed E-state index contributed by atoms with van der Waals surface area (Å²) >= 11 is 0. The maximum atomic E-state index is 9.00. The van der Waals surface area contributed by atoms with Crippen molar-refractivity contribution in [2.75, 3.05) is 14.1 Å². The molecule has 0 spiro atoms. The molecular formula is C4H10NNaO2. The number of hydrogen-bond acceptors (Lipinski definition) is 1. The Balaban J connectivity index is -0.0000000575. The summed E-state index contributed by atoms with van der Waals surface area (Å²) in [7, 11) is 3.50. The molecule has 0 aliphatic heterocycles. The molecule has 3 nitrogen and oxygen atoms in total. The van der Waals surface area contributed by atoms with Crippen LogP contribution in [0.25, 0.3) is 5.32 Å². The summed E-state index contributed by atoms with van der Waals surface area (Å²) < 4.78 is 0. The first kappa shape index (κ1) is 15.8. The van der Waals surface area contributed by atoms with E-state index in [-0.39, 0.29) is 29.6 Å². The first-order valence-corrected chi connectivity index (χ1v) is 1.82. The van der Waals surface area contributed by atoms with Gasteiger partial charge < -0.3 is 10.4 Å². The maximum Gasteiger partial charge on any atom is 1.00 e. The molecule has 0 aromatic carbocycles. The van der Waals surface area contributed by atoms with E-state index in [4.69, 9.17) is 9.90 Å². The summed E-state index contributed by atoms with van der Waals surface area (Å²) in [6, 6.07) is 0. The van der Waals surface area contributed by atoms with Gasteiger partial charge in [-0.2, -0.15) is 14.1 Å². The molecule has 0 aliphatic rings. The molecule has 0 aromatic rings. The molecular weight excluding hydrogens is 117 g/mol. The Morgan fingerprint density at radius 1 is 1.50 bits per heavy atom. The zero-order valence-corrected chi connectivity index (χ0v) is 7.80. The Bertz CT molecular complexity index is 45.3. The largest absolute Gasteiger partial charge is 1.00 e. The Labute approximate surface area is 71.8 Å². The summed E-state index contributed by atoms with van der Waals surface area (Å²) in [5.74, 6) is -0.833. The Morgan fingerprint density at radius 3 is 1.50 bits per heavy atom. The molecule has 0 unspecified atom stereocenters. The second kappa shape index (κ2) is 15.7. The minimum atomic E-state index is -0.833. The van der Waals surface area contributed by atoms with Crippen molar-refractivity contribution in [2.45, 2.75) is 6.92 Å². The summed E-state index contributed by atoms with van der Waals surface area (Å²) in [5.41, 5.74) is 0. The summed E-state index contributed by atoms with van der Waals surface area (Å²) in [6.45, 7) is 1.08. The molecule has 0 radical (unpaired) electrons. The van der Waals surface area contributed by atoms with E-state index in [1.165, 1.54) is 0 Å². The molecule has 0 fully saturated rings. The van der Waals surface area contributed by atoms with Crippen LogP contribution in [0.3, 0.4) is 0 Å². The van der Waals surface area contributed by atoms with Crippen molar-refractivity contribution >= 4 is 5.97 Å². The predicted molar refractivity (Wildman–Crippen MR) is 28.5 cm³/mol. The topological polar surface area (TPSA) is 51.4 Å². The number of aliphatic carboxylic acids is 1. The van der Waals surface area contributed by atoms with Crippen LogP contribution in [0.5, 0.6) is 0 Å². The van der Waals surface area contributed by atoms with Gasteiger partial charge in [0.05, 0.1) is 0 Å². The number of carboxylic acids is 1. The number of rotatable bonds is 0. The maximum absolute atomic E-state index is 9.00. The van der Waals surface area contributed by atoms with Crippen molar-refractivity contribution in [3.8, 4) is 0 Å². The molecule has 0 rings (SSSR count). The van der Waals surface area contributed by atoms with Gasteiger partial charge in [-0.05, 0) is 0 Å².